The Balaban J connectivity index is 1.99. The van der Waals surface area contributed by atoms with Gasteiger partial charge in [-0.1, -0.05) is 66.7 Å². The van der Waals surface area contributed by atoms with Crippen molar-refractivity contribution in [2.45, 2.75) is 5.92 Å². The lowest BCUT2D eigenvalue weighted by Crippen LogP contribution is -2.27. The van der Waals surface area contributed by atoms with Crippen molar-refractivity contribution >= 4 is 17.3 Å². The molecule has 1 N–H and O–H groups in total. The summed E-state index contributed by atoms with van der Waals surface area (Å²) in [5, 5.41) is 10.9. The van der Waals surface area contributed by atoms with Crippen LogP contribution in [0.4, 0.5) is 4.39 Å². The summed E-state index contributed by atoms with van der Waals surface area (Å²) in [6, 6.07) is 21.3. The van der Waals surface area contributed by atoms with Crippen LogP contribution in [0.2, 0.25) is 0 Å². The number of hydrogen-bond donors (Lipinski definition) is 1. The molecule has 1 atom stereocenters. The number of aliphatic hydroxyl groups is 1. The van der Waals surface area contributed by atoms with Gasteiger partial charge in [-0.15, -0.1) is 0 Å². The summed E-state index contributed by atoms with van der Waals surface area (Å²) in [7, 11) is 0. The largest absolute Gasteiger partial charge is 0.507 e. The molecule has 132 valence electrons. The van der Waals surface area contributed by atoms with Gasteiger partial charge in [0.2, 0.25) is 11.6 Å². The van der Waals surface area contributed by atoms with Gasteiger partial charge in [0.05, 0.1) is 5.57 Å². The van der Waals surface area contributed by atoms with Gasteiger partial charge in [-0.05, 0) is 23.3 Å². The molecule has 3 aromatic carbocycles. The molecule has 0 aromatic heterocycles. The standard InChI is InChI=1S/C23H15FO3/c24-16-12-10-15(11-13-16)19(14-6-2-1-3-7-14)20-21(25)17-8-4-5-9-18(17)22(26)23(20)27/h1-13,19,25H/t19-/m0/s1. The summed E-state index contributed by atoms with van der Waals surface area (Å²) >= 11 is 0. The van der Waals surface area contributed by atoms with Gasteiger partial charge in [-0.2, -0.15) is 0 Å². The first-order valence-corrected chi connectivity index (χ1v) is 8.50. The van der Waals surface area contributed by atoms with Crippen LogP contribution in [-0.4, -0.2) is 16.7 Å². The minimum Gasteiger partial charge on any atom is -0.507 e. The van der Waals surface area contributed by atoms with Gasteiger partial charge in [0.15, 0.2) is 0 Å². The third-order valence-electron chi connectivity index (χ3n) is 4.76. The van der Waals surface area contributed by atoms with E-state index in [1.165, 1.54) is 18.2 Å². The van der Waals surface area contributed by atoms with Crippen molar-refractivity contribution in [3.05, 3.63) is 113 Å². The fourth-order valence-electron chi connectivity index (χ4n) is 3.48. The van der Waals surface area contributed by atoms with Crippen LogP contribution >= 0.6 is 0 Å². The van der Waals surface area contributed by atoms with E-state index in [9.17, 15) is 19.1 Å². The van der Waals surface area contributed by atoms with Crippen molar-refractivity contribution < 1.29 is 19.1 Å². The first kappa shape index (κ1) is 16.9. The molecule has 0 unspecified atom stereocenters. The number of aliphatic hydroxyl groups excluding tert-OH is 1. The second-order valence-electron chi connectivity index (χ2n) is 6.36. The molecule has 1 aliphatic rings. The van der Waals surface area contributed by atoms with Gasteiger partial charge in [-0.25, -0.2) is 4.39 Å². The Morgan fingerprint density at radius 2 is 1.22 bits per heavy atom. The molecule has 4 rings (SSSR count). The SMILES string of the molecule is O=C1C(=O)c2ccccc2C(O)=C1[C@@H](c1ccccc1)c1ccc(F)cc1. The summed E-state index contributed by atoms with van der Waals surface area (Å²) in [6.07, 6.45) is 0. The summed E-state index contributed by atoms with van der Waals surface area (Å²) in [5.74, 6) is -2.70. The molecule has 0 saturated heterocycles. The zero-order valence-electron chi connectivity index (χ0n) is 14.2. The van der Waals surface area contributed by atoms with Crippen LogP contribution in [0.3, 0.4) is 0 Å². The molecule has 0 spiro atoms. The van der Waals surface area contributed by atoms with Crippen molar-refractivity contribution in [1.29, 1.82) is 0 Å². The van der Waals surface area contributed by atoms with E-state index >= 15 is 0 Å². The van der Waals surface area contributed by atoms with E-state index in [2.05, 4.69) is 0 Å². The average molecular weight is 358 g/mol. The fraction of sp³-hybridized carbons (Fsp3) is 0.0435. The first-order chi connectivity index (χ1) is 13.1. The fourth-order valence-corrected chi connectivity index (χ4v) is 3.48. The van der Waals surface area contributed by atoms with Gasteiger partial charge >= 0.3 is 0 Å². The number of ketones is 2. The van der Waals surface area contributed by atoms with Crippen LogP contribution < -0.4 is 0 Å². The van der Waals surface area contributed by atoms with E-state index in [1.54, 1.807) is 30.3 Å². The van der Waals surface area contributed by atoms with Crippen LogP contribution in [0.5, 0.6) is 0 Å². The van der Waals surface area contributed by atoms with Crippen LogP contribution in [0.15, 0.2) is 84.4 Å². The predicted molar refractivity (Wildman–Crippen MR) is 100 cm³/mol. The molecule has 0 amide bonds. The van der Waals surface area contributed by atoms with Crippen LogP contribution in [0.1, 0.15) is 33.0 Å². The Morgan fingerprint density at radius 3 is 1.89 bits per heavy atom. The number of fused-ring (bicyclic) bond motifs is 1. The van der Waals surface area contributed by atoms with Crippen LogP contribution in [0, 0.1) is 5.82 Å². The highest BCUT2D eigenvalue weighted by Gasteiger charge is 2.37. The van der Waals surface area contributed by atoms with E-state index in [0.29, 0.717) is 11.1 Å². The molecule has 0 saturated carbocycles. The van der Waals surface area contributed by atoms with Crippen molar-refractivity contribution in [3.8, 4) is 0 Å². The molecule has 0 fully saturated rings. The lowest BCUT2D eigenvalue weighted by molar-refractivity contribution is -0.112. The number of allylic oxidation sites excluding steroid dienone is 1. The number of hydrogen-bond acceptors (Lipinski definition) is 3. The highest BCUT2D eigenvalue weighted by molar-refractivity contribution is 6.52. The van der Waals surface area contributed by atoms with Gasteiger partial charge in [-0.3, -0.25) is 9.59 Å². The lowest BCUT2D eigenvalue weighted by Gasteiger charge is -2.25. The maximum Gasteiger partial charge on any atom is 0.234 e. The minimum absolute atomic E-state index is 0.0107. The van der Waals surface area contributed by atoms with Crippen molar-refractivity contribution in [1.82, 2.24) is 0 Å². The summed E-state index contributed by atoms with van der Waals surface area (Å²) in [6.45, 7) is 0. The van der Waals surface area contributed by atoms with Gasteiger partial charge < -0.3 is 5.11 Å². The third-order valence-corrected chi connectivity index (χ3v) is 4.76. The summed E-state index contributed by atoms with van der Waals surface area (Å²) < 4.78 is 13.4. The number of benzene rings is 3. The quantitative estimate of drug-likeness (QED) is 0.691. The Morgan fingerprint density at radius 1 is 0.667 bits per heavy atom. The highest BCUT2D eigenvalue weighted by Crippen LogP contribution is 2.39. The molecule has 27 heavy (non-hydrogen) atoms. The minimum atomic E-state index is -0.746. The van der Waals surface area contributed by atoms with E-state index < -0.39 is 23.3 Å². The second kappa shape index (κ2) is 6.65. The van der Waals surface area contributed by atoms with Gasteiger partial charge in [0.1, 0.15) is 11.6 Å². The maximum absolute atomic E-state index is 13.4. The van der Waals surface area contributed by atoms with Crippen molar-refractivity contribution in [3.63, 3.8) is 0 Å². The number of halogens is 1. The van der Waals surface area contributed by atoms with Crippen LogP contribution in [-0.2, 0) is 4.79 Å². The van der Waals surface area contributed by atoms with E-state index in [1.807, 2.05) is 30.3 Å². The zero-order valence-corrected chi connectivity index (χ0v) is 14.2. The maximum atomic E-state index is 13.4. The monoisotopic (exact) mass is 358 g/mol. The molecule has 3 nitrogen and oxygen atoms in total. The molecule has 1 aliphatic carbocycles. The highest BCUT2D eigenvalue weighted by atomic mass is 19.1. The molecule has 3 aromatic rings. The second-order valence-corrected chi connectivity index (χ2v) is 6.36. The van der Waals surface area contributed by atoms with E-state index in [4.69, 9.17) is 0 Å². The lowest BCUT2D eigenvalue weighted by atomic mass is 9.76. The summed E-state index contributed by atoms with van der Waals surface area (Å²) in [4.78, 5) is 25.6. The molecule has 0 heterocycles. The predicted octanol–water partition coefficient (Wildman–Crippen LogP) is 4.69. The molecule has 0 bridgehead atoms. The Bertz CT molecular complexity index is 1070. The Kier molecular flexibility index (Phi) is 4.16. The normalized spacial score (nSPS) is 14.9. The number of carbonyl (C=O) groups excluding carboxylic acids is 2. The average Bonchev–Trinajstić information content (AvgIpc) is 2.71. The molecule has 0 radical (unpaired) electrons. The number of carbonyl (C=O) groups is 2. The Hall–Kier alpha value is -3.53. The molecule has 4 heteroatoms. The smallest absolute Gasteiger partial charge is 0.234 e. The summed E-state index contributed by atoms with van der Waals surface area (Å²) in [5.41, 5.74) is 1.88. The molecule has 0 aliphatic heterocycles. The number of rotatable bonds is 3. The topological polar surface area (TPSA) is 54.4 Å². The zero-order chi connectivity index (χ0) is 19.0. The van der Waals surface area contributed by atoms with Crippen molar-refractivity contribution in [2.24, 2.45) is 0 Å². The van der Waals surface area contributed by atoms with Crippen LogP contribution in [0.25, 0.3) is 5.76 Å². The van der Waals surface area contributed by atoms with Gasteiger partial charge in [0.25, 0.3) is 0 Å². The molecular weight excluding hydrogens is 343 g/mol. The Labute approximate surface area is 155 Å². The number of Topliss-reactive ketones (excluding diaryl/α,β-unsaturated/α-hetero) is 2. The van der Waals surface area contributed by atoms with E-state index in [0.717, 1.165) is 5.56 Å². The van der Waals surface area contributed by atoms with Gasteiger partial charge in [0, 0.05) is 17.0 Å². The van der Waals surface area contributed by atoms with E-state index in [-0.39, 0.29) is 16.9 Å². The molecular formula is C23H15FO3. The first-order valence-electron chi connectivity index (χ1n) is 8.50. The third kappa shape index (κ3) is 2.85. The van der Waals surface area contributed by atoms with Crippen molar-refractivity contribution in [2.75, 3.05) is 0 Å².